The Morgan fingerprint density at radius 1 is 1.24 bits per heavy atom. The lowest BCUT2D eigenvalue weighted by atomic mass is 9.93. The fraction of sp³-hybridized carbons (Fsp3) is 0.588. The number of hydrogen-bond donors (Lipinski definition) is 2. The van der Waals surface area contributed by atoms with Crippen LogP contribution in [0.4, 0.5) is 23.2 Å². The van der Waals surface area contributed by atoms with E-state index in [4.69, 9.17) is 5.21 Å². The van der Waals surface area contributed by atoms with Crippen LogP contribution in [-0.2, 0) is 22.1 Å². The first-order valence-corrected chi connectivity index (χ1v) is 9.99. The van der Waals surface area contributed by atoms with Gasteiger partial charge in [0, 0.05) is 26.2 Å². The quantitative estimate of drug-likeness (QED) is 0.304. The van der Waals surface area contributed by atoms with Gasteiger partial charge in [0.25, 0.3) is 0 Å². The van der Waals surface area contributed by atoms with E-state index in [-0.39, 0.29) is 31.9 Å². The third kappa shape index (κ3) is 5.44. The van der Waals surface area contributed by atoms with E-state index in [1.165, 1.54) is 15.3 Å². The number of benzene rings is 1. The molecule has 3 atom stereocenters. The highest BCUT2D eigenvalue weighted by Gasteiger charge is 2.38. The Bertz CT molecular complexity index is 755. The maximum absolute atomic E-state index is 14.2. The predicted molar refractivity (Wildman–Crippen MR) is 96.2 cm³/mol. The van der Waals surface area contributed by atoms with Crippen molar-refractivity contribution in [1.82, 2.24) is 10.4 Å². The first-order valence-electron chi connectivity index (χ1n) is 8.85. The van der Waals surface area contributed by atoms with Crippen LogP contribution in [0.15, 0.2) is 18.2 Å². The van der Waals surface area contributed by atoms with Gasteiger partial charge in [0.15, 0.2) is 0 Å². The average Bonchev–Trinajstić information content (AvgIpc) is 2.64. The van der Waals surface area contributed by atoms with Crippen molar-refractivity contribution in [2.45, 2.75) is 25.4 Å². The molecule has 0 radical (unpaired) electrons. The van der Waals surface area contributed by atoms with E-state index in [9.17, 15) is 31.1 Å². The van der Waals surface area contributed by atoms with Gasteiger partial charge in [-0.05, 0) is 35.2 Å². The maximum Gasteiger partial charge on any atom is 0.416 e. The summed E-state index contributed by atoms with van der Waals surface area (Å²) in [7, 11) is 0. The van der Waals surface area contributed by atoms with Crippen molar-refractivity contribution < 1.29 is 36.3 Å². The third-order valence-electron chi connectivity index (χ3n) is 4.93. The zero-order chi connectivity index (χ0) is 21.9. The molecular weight excluding hydrogens is 418 g/mol. The molecule has 1 aromatic carbocycles. The van der Waals surface area contributed by atoms with Crippen LogP contribution in [0.3, 0.4) is 0 Å². The van der Waals surface area contributed by atoms with Gasteiger partial charge >= 0.3 is 6.18 Å². The smallest absolute Gasteiger partial charge is 0.416 e. The van der Waals surface area contributed by atoms with Crippen molar-refractivity contribution in [1.29, 1.82) is 0 Å². The highest BCUT2D eigenvalue weighted by atomic mass is 32.2. The summed E-state index contributed by atoms with van der Waals surface area (Å²) in [6.07, 6.45) is -4.65. The minimum absolute atomic E-state index is 0.00837. The van der Waals surface area contributed by atoms with E-state index in [0.29, 0.717) is 6.07 Å². The Balaban J connectivity index is 2.16. The maximum atomic E-state index is 14.2. The van der Waals surface area contributed by atoms with Crippen molar-refractivity contribution in [2.24, 2.45) is 11.8 Å². The number of halogens is 4. The molecule has 0 bridgehead atoms. The molecule has 7 nitrogen and oxygen atoms in total. The second-order valence-corrected chi connectivity index (χ2v) is 8.09. The van der Waals surface area contributed by atoms with Crippen LogP contribution in [0.5, 0.6) is 0 Å². The zero-order valence-electron chi connectivity index (χ0n) is 15.8. The summed E-state index contributed by atoms with van der Waals surface area (Å²) in [6, 6.07) is 2.27. The summed E-state index contributed by atoms with van der Waals surface area (Å²) >= 11 is -2.66. The van der Waals surface area contributed by atoms with Crippen LogP contribution in [0.1, 0.15) is 19.4 Å². The fourth-order valence-electron chi connectivity index (χ4n) is 3.46. The highest BCUT2D eigenvalue weighted by molar-refractivity contribution is 7.79. The van der Waals surface area contributed by atoms with Crippen molar-refractivity contribution >= 4 is 22.7 Å². The van der Waals surface area contributed by atoms with E-state index >= 15 is 0 Å². The van der Waals surface area contributed by atoms with Crippen LogP contribution < -0.4 is 10.4 Å². The van der Waals surface area contributed by atoms with Crippen LogP contribution in [0.2, 0.25) is 0 Å². The van der Waals surface area contributed by atoms with Gasteiger partial charge in [0.1, 0.15) is 5.82 Å². The lowest BCUT2D eigenvalue weighted by Crippen LogP contribution is -2.57. The van der Waals surface area contributed by atoms with Crippen LogP contribution in [0, 0.1) is 17.7 Å². The molecule has 0 spiro atoms. The zero-order valence-corrected chi connectivity index (χ0v) is 16.6. The monoisotopic (exact) mass is 440 g/mol. The molecule has 3 unspecified atom stereocenters. The molecule has 2 N–H and O–H groups in total. The number of carbonyl (C=O) groups excluding carboxylic acids is 1. The van der Waals surface area contributed by atoms with Crippen molar-refractivity contribution in [2.75, 3.05) is 31.1 Å². The van der Waals surface area contributed by atoms with Gasteiger partial charge in [-0.3, -0.25) is 19.1 Å². The van der Waals surface area contributed by atoms with Gasteiger partial charge in [0.05, 0.1) is 22.5 Å². The standard InChI is InChI=1S/C17H23F4N3O4S/c1-10(2)14(15(25)22-26)16(29(27)28)24-7-5-23(6-8-24)13-4-3-11(9-12(13)18)17(19,20)21/h3-4,9-10,14,16,26H,5-8H2,1-2H3,(H,22,25)(H,27,28)/p-1. The predicted octanol–water partition coefficient (Wildman–Crippen LogP) is 1.95. The van der Waals surface area contributed by atoms with E-state index < -0.39 is 51.8 Å². The van der Waals surface area contributed by atoms with Crippen LogP contribution in [-0.4, -0.2) is 56.3 Å². The van der Waals surface area contributed by atoms with Crippen LogP contribution in [0.25, 0.3) is 0 Å². The normalized spacial score (nSPS) is 19.1. The molecule has 1 fully saturated rings. The molecule has 29 heavy (non-hydrogen) atoms. The molecule has 1 aliphatic rings. The van der Waals surface area contributed by atoms with Crippen molar-refractivity contribution in [3.63, 3.8) is 0 Å². The number of rotatable bonds is 6. The number of piperazine rings is 1. The average molecular weight is 440 g/mol. The number of alkyl halides is 3. The van der Waals surface area contributed by atoms with Gasteiger partial charge in [-0.2, -0.15) is 13.2 Å². The molecule has 1 heterocycles. The molecule has 1 amide bonds. The molecule has 2 rings (SSSR count). The summed E-state index contributed by atoms with van der Waals surface area (Å²) in [5.41, 5.74) is 0.392. The van der Waals surface area contributed by atoms with E-state index in [1.54, 1.807) is 13.8 Å². The van der Waals surface area contributed by atoms with E-state index in [1.807, 2.05) is 0 Å². The molecule has 0 aliphatic carbocycles. The van der Waals surface area contributed by atoms with Crippen molar-refractivity contribution in [3.05, 3.63) is 29.6 Å². The van der Waals surface area contributed by atoms with Gasteiger partial charge in [0.2, 0.25) is 5.91 Å². The lowest BCUT2D eigenvalue weighted by molar-refractivity contribution is -0.138. The summed E-state index contributed by atoms with van der Waals surface area (Å²) in [5.74, 6) is -3.27. The molecule has 0 saturated carbocycles. The number of nitrogens with one attached hydrogen (secondary N) is 1. The molecular formula is C17H22F4N3O4S-. The SMILES string of the molecule is CC(C)C(C(=O)NO)C(N1CCN(c2ccc(C(F)(F)F)cc2F)CC1)S(=O)[O-]. The number of hydrogen-bond acceptors (Lipinski definition) is 6. The molecule has 1 saturated heterocycles. The van der Waals surface area contributed by atoms with E-state index in [2.05, 4.69) is 0 Å². The Labute approximate surface area is 167 Å². The number of carbonyl (C=O) groups is 1. The Morgan fingerprint density at radius 2 is 1.83 bits per heavy atom. The van der Waals surface area contributed by atoms with Gasteiger partial charge in [-0.25, -0.2) is 9.87 Å². The first-order chi connectivity index (χ1) is 13.5. The molecule has 0 aromatic heterocycles. The summed E-state index contributed by atoms with van der Waals surface area (Å²) in [6.45, 7) is 3.88. The summed E-state index contributed by atoms with van der Waals surface area (Å²) in [5, 5.41) is 7.73. The third-order valence-corrected chi connectivity index (χ3v) is 5.91. The van der Waals surface area contributed by atoms with Crippen LogP contribution >= 0.6 is 0 Å². The number of nitrogens with zero attached hydrogens (tertiary/aromatic N) is 2. The minimum atomic E-state index is -4.65. The Hall–Kier alpha value is -1.76. The Kier molecular flexibility index (Phi) is 7.60. The molecule has 1 aromatic rings. The van der Waals surface area contributed by atoms with Crippen molar-refractivity contribution in [3.8, 4) is 0 Å². The summed E-state index contributed by atoms with van der Waals surface area (Å²) < 4.78 is 75.9. The van der Waals surface area contributed by atoms with Gasteiger partial charge in [-0.15, -0.1) is 0 Å². The van der Waals surface area contributed by atoms with Gasteiger partial charge in [-0.1, -0.05) is 13.8 Å². The molecule has 164 valence electrons. The minimum Gasteiger partial charge on any atom is -0.771 e. The highest BCUT2D eigenvalue weighted by Crippen LogP contribution is 2.33. The number of anilines is 1. The second kappa shape index (κ2) is 9.37. The topological polar surface area (TPSA) is 95.9 Å². The summed E-state index contributed by atoms with van der Waals surface area (Å²) in [4.78, 5) is 15.0. The lowest BCUT2D eigenvalue weighted by Gasteiger charge is -2.43. The van der Waals surface area contributed by atoms with Gasteiger partial charge < -0.3 is 9.45 Å². The number of amides is 1. The molecule has 1 aliphatic heterocycles. The first kappa shape index (κ1) is 23.5. The largest absolute Gasteiger partial charge is 0.771 e. The second-order valence-electron chi connectivity index (χ2n) is 7.08. The fourth-order valence-corrected chi connectivity index (χ4v) is 4.59. The Morgan fingerprint density at radius 3 is 2.24 bits per heavy atom. The van der Waals surface area contributed by atoms with E-state index in [0.717, 1.165) is 12.1 Å². The molecule has 12 heteroatoms. The number of hydroxylamine groups is 1.